The number of carbonyl (C=O) groups is 3. The number of halogens is 2. The van der Waals surface area contributed by atoms with E-state index in [-0.39, 0.29) is 68.6 Å². The number of hydrogen-bond donors (Lipinski definition) is 2. The number of alkyl carbamates (subject to hydrolysis) is 1. The minimum absolute atomic E-state index is 0.0270. The molecule has 0 aliphatic heterocycles. The van der Waals surface area contributed by atoms with Crippen LogP contribution >= 0.6 is 7.60 Å². The van der Waals surface area contributed by atoms with Gasteiger partial charge >= 0.3 is 25.0 Å². The minimum Gasteiger partial charge on any atom is -0.487 e. The zero-order chi connectivity index (χ0) is 36.0. The van der Waals surface area contributed by atoms with Gasteiger partial charge in [-0.25, -0.2) is 4.79 Å². The molecule has 3 rings (SSSR count). The number of Topliss-reactive ketones (excluding diaryl/α,β-unsaturated/α-hetero) is 1. The molecule has 49 heavy (non-hydrogen) atoms. The number of carbonyl (C=O) groups excluding carboxylic acids is 3. The molecular weight excluding hydrogens is 667 g/mol. The van der Waals surface area contributed by atoms with E-state index in [2.05, 4.69) is 10.6 Å². The summed E-state index contributed by atoms with van der Waals surface area (Å²) in [4.78, 5) is 48.2. The molecule has 3 aromatic rings. The van der Waals surface area contributed by atoms with Crippen LogP contribution < -0.4 is 15.4 Å². The molecular formula is C33H38F2N3O10P. The molecule has 13 nitrogen and oxygen atoms in total. The van der Waals surface area contributed by atoms with E-state index in [1.807, 2.05) is 0 Å². The number of rotatable bonds is 19. The van der Waals surface area contributed by atoms with Gasteiger partial charge in [0.25, 0.3) is 0 Å². The van der Waals surface area contributed by atoms with E-state index in [1.165, 1.54) is 45.0 Å². The Bertz CT molecular complexity index is 1630. The van der Waals surface area contributed by atoms with E-state index in [4.69, 9.17) is 18.5 Å². The number of nitrogens with one attached hydrogen (secondary N) is 2. The molecule has 16 heteroatoms. The lowest BCUT2D eigenvalue weighted by Gasteiger charge is -2.26. The summed E-state index contributed by atoms with van der Waals surface area (Å²) in [6.07, 6.45) is -0.810. The Morgan fingerprint density at radius 3 is 2.20 bits per heavy atom. The minimum atomic E-state index is -4.83. The number of nitrogens with zero attached hydrogens (tertiary/aromatic N) is 1. The summed E-state index contributed by atoms with van der Waals surface area (Å²) in [6, 6.07) is 16.2. The molecule has 0 saturated heterocycles. The van der Waals surface area contributed by atoms with Crippen LogP contribution in [0.4, 0.5) is 19.3 Å². The van der Waals surface area contributed by atoms with Crippen LogP contribution in [-0.2, 0) is 41.8 Å². The van der Waals surface area contributed by atoms with E-state index < -0.39 is 41.8 Å². The van der Waals surface area contributed by atoms with Crippen molar-refractivity contribution in [2.75, 3.05) is 26.4 Å². The molecule has 0 spiro atoms. The van der Waals surface area contributed by atoms with Crippen LogP contribution in [0.2, 0.25) is 0 Å². The maximum absolute atomic E-state index is 15.2. The highest BCUT2D eigenvalue weighted by Gasteiger charge is 2.54. The number of nitro benzene ring substituents is 1. The maximum Gasteiger partial charge on any atom is 0.408 e. The number of ether oxygens (including phenoxy) is 2. The predicted molar refractivity (Wildman–Crippen MR) is 175 cm³/mol. The van der Waals surface area contributed by atoms with Crippen LogP contribution in [0.15, 0.2) is 72.8 Å². The molecule has 0 aliphatic rings. The molecule has 0 bridgehead atoms. The largest absolute Gasteiger partial charge is 0.487 e. The second kappa shape index (κ2) is 18.2. The van der Waals surface area contributed by atoms with Crippen molar-refractivity contribution in [1.29, 1.82) is 0 Å². The molecule has 2 amide bonds. The fraction of sp³-hybridized carbons (Fsp3) is 0.364. The van der Waals surface area contributed by atoms with Gasteiger partial charge in [-0.05, 0) is 50.5 Å². The summed E-state index contributed by atoms with van der Waals surface area (Å²) in [6.45, 7) is 3.56. The first-order chi connectivity index (χ1) is 23.3. The van der Waals surface area contributed by atoms with Crippen molar-refractivity contribution in [3.05, 3.63) is 105 Å². The topological polar surface area (TPSA) is 172 Å². The van der Waals surface area contributed by atoms with Crippen LogP contribution in [-0.4, -0.2) is 55.1 Å². The number of hydrogen-bond acceptors (Lipinski definition) is 10. The molecule has 0 saturated carbocycles. The molecule has 0 unspecified atom stereocenters. The second-order valence-corrected chi connectivity index (χ2v) is 12.6. The second-order valence-electron chi connectivity index (χ2n) is 10.5. The zero-order valence-electron chi connectivity index (χ0n) is 27.2. The van der Waals surface area contributed by atoms with E-state index >= 15 is 8.78 Å². The lowest BCUT2D eigenvalue weighted by Crippen LogP contribution is -2.48. The average Bonchev–Trinajstić information content (AvgIpc) is 3.07. The third-order valence-corrected chi connectivity index (χ3v) is 9.09. The molecule has 0 radical (unpaired) electrons. The first-order valence-electron chi connectivity index (χ1n) is 15.3. The standard InChI is InChI=1S/C33H38F2N3O10P/c1-4-47-49(44,48-5-2)33(34,35)27-15-12-24(13-16-27)20-28(37-32(41)46-22-25-10-7-6-8-11-25)31(40)36-18-9-19-45-30-17-14-26(23(3)39)21-29(30)38(42)43/h6-8,10-17,21,28H,4-5,9,18-20,22H2,1-3H3,(H,36,40)(H,37,41)/t28-/m0/s1. The van der Waals surface area contributed by atoms with Crippen LogP contribution in [0.25, 0.3) is 0 Å². The zero-order valence-corrected chi connectivity index (χ0v) is 28.1. The van der Waals surface area contributed by atoms with Crippen LogP contribution in [0.1, 0.15) is 54.2 Å². The Morgan fingerprint density at radius 2 is 1.61 bits per heavy atom. The van der Waals surface area contributed by atoms with Gasteiger partial charge in [0.1, 0.15) is 12.6 Å². The van der Waals surface area contributed by atoms with Crippen molar-refractivity contribution >= 4 is 31.1 Å². The summed E-state index contributed by atoms with van der Waals surface area (Å²) < 4.78 is 63.7. The fourth-order valence-electron chi connectivity index (χ4n) is 4.48. The average molecular weight is 706 g/mol. The number of ketones is 1. The van der Waals surface area contributed by atoms with Gasteiger partial charge in [-0.3, -0.25) is 24.3 Å². The highest BCUT2D eigenvalue weighted by molar-refractivity contribution is 7.54. The molecule has 0 heterocycles. The normalized spacial score (nSPS) is 12.1. The van der Waals surface area contributed by atoms with E-state index in [0.717, 1.165) is 18.2 Å². The fourth-order valence-corrected chi connectivity index (χ4v) is 6.02. The third-order valence-electron chi connectivity index (χ3n) is 6.94. The summed E-state index contributed by atoms with van der Waals surface area (Å²) in [5, 5.41) is 16.6. The molecule has 3 aromatic carbocycles. The molecule has 264 valence electrons. The first kappa shape index (κ1) is 38.7. The molecule has 0 aliphatic carbocycles. The Hall–Kier alpha value is -4.72. The SMILES string of the molecule is CCOP(=O)(OCC)C(F)(F)c1ccc(C[C@H](NC(=O)OCc2ccccc2)C(=O)NCCCOc2ccc(C(C)=O)cc2[N+](=O)[O-])cc1. The van der Waals surface area contributed by atoms with E-state index in [9.17, 15) is 29.1 Å². The van der Waals surface area contributed by atoms with Crippen molar-refractivity contribution in [3.63, 3.8) is 0 Å². The number of amides is 2. The number of alkyl halides is 2. The molecule has 2 N–H and O–H groups in total. The summed E-state index contributed by atoms with van der Waals surface area (Å²) >= 11 is 0. The van der Waals surface area contributed by atoms with E-state index in [0.29, 0.717) is 11.1 Å². The molecule has 1 atom stereocenters. The van der Waals surface area contributed by atoms with Gasteiger partial charge in [-0.1, -0.05) is 54.6 Å². The Balaban J connectivity index is 1.68. The van der Waals surface area contributed by atoms with Crippen molar-refractivity contribution in [1.82, 2.24) is 10.6 Å². The lowest BCUT2D eigenvalue weighted by atomic mass is 10.0. The lowest BCUT2D eigenvalue weighted by molar-refractivity contribution is -0.385. The van der Waals surface area contributed by atoms with Crippen molar-refractivity contribution in [2.45, 2.75) is 51.9 Å². The smallest absolute Gasteiger partial charge is 0.408 e. The summed E-state index contributed by atoms with van der Waals surface area (Å²) in [5.74, 6) is -1.01. The van der Waals surface area contributed by atoms with Gasteiger partial charge in [0.15, 0.2) is 11.5 Å². The Kier molecular flexibility index (Phi) is 14.3. The van der Waals surface area contributed by atoms with Gasteiger partial charge in [-0.2, -0.15) is 8.78 Å². The quantitative estimate of drug-likeness (QED) is 0.0459. The highest BCUT2D eigenvalue weighted by atomic mass is 31.2. The van der Waals surface area contributed by atoms with Crippen molar-refractivity contribution in [2.24, 2.45) is 0 Å². The maximum atomic E-state index is 15.2. The number of benzene rings is 3. The summed E-state index contributed by atoms with van der Waals surface area (Å²) in [5.41, 5.74) is -3.69. The molecule has 0 aromatic heterocycles. The van der Waals surface area contributed by atoms with Gasteiger partial charge < -0.3 is 29.2 Å². The van der Waals surface area contributed by atoms with Crippen LogP contribution in [0.5, 0.6) is 5.75 Å². The number of nitro groups is 1. The van der Waals surface area contributed by atoms with Crippen molar-refractivity contribution < 1.29 is 51.2 Å². The van der Waals surface area contributed by atoms with Crippen molar-refractivity contribution in [3.8, 4) is 5.75 Å². The predicted octanol–water partition coefficient (Wildman–Crippen LogP) is 6.54. The van der Waals surface area contributed by atoms with Gasteiger partial charge in [0.2, 0.25) is 5.91 Å². The van der Waals surface area contributed by atoms with Gasteiger partial charge in [0, 0.05) is 30.2 Å². The van der Waals surface area contributed by atoms with Crippen LogP contribution in [0.3, 0.4) is 0 Å². The highest BCUT2D eigenvalue weighted by Crippen LogP contribution is 2.66. The monoisotopic (exact) mass is 705 g/mol. The van der Waals surface area contributed by atoms with Gasteiger partial charge in [-0.15, -0.1) is 0 Å². The van der Waals surface area contributed by atoms with Gasteiger partial charge in [0.05, 0.1) is 24.7 Å². The molecule has 0 fully saturated rings. The van der Waals surface area contributed by atoms with E-state index in [1.54, 1.807) is 30.3 Å². The first-order valence-corrected chi connectivity index (χ1v) is 16.9. The van der Waals surface area contributed by atoms with Crippen LogP contribution in [0, 0.1) is 10.1 Å². The third kappa shape index (κ3) is 10.9. The summed E-state index contributed by atoms with van der Waals surface area (Å²) in [7, 11) is -4.83. The Labute approximate surface area is 282 Å². The Morgan fingerprint density at radius 1 is 0.959 bits per heavy atom.